The number of alkyl halides is 3. The fourth-order valence-electron chi connectivity index (χ4n) is 3.27. The highest BCUT2D eigenvalue weighted by atomic mass is 19.4. The minimum absolute atomic E-state index is 0.00962. The molecule has 2 aromatic carbocycles. The highest BCUT2D eigenvalue weighted by Crippen LogP contribution is 2.35. The number of nitrogens with one attached hydrogen (secondary N) is 3. The SMILES string of the molecule is Cc1ccc(CNc2nc(Nc3ccc4c(c3)CC(=O)N4)ncc2C(F)(F)F)c(N)c1. The third-order valence-corrected chi connectivity index (χ3v) is 4.83. The third kappa shape index (κ3) is 4.52. The maximum absolute atomic E-state index is 13.4. The van der Waals surface area contributed by atoms with Gasteiger partial charge in [0.15, 0.2) is 0 Å². The number of aryl methyl sites for hydroxylation is 1. The maximum atomic E-state index is 13.4. The Morgan fingerprint density at radius 3 is 2.74 bits per heavy atom. The molecule has 2 heterocycles. The molecule has 0 saturated heterocycles. The zero-order valence-corrected chi connectivity index (χ0v) is 16.5. The molecule has 0 aliphatic carbocycles. The summed E-state index contributed by atoms with van der Waals surface area (Å²) in [5.74, 6) is -0.479. The van der Waals surface area contributed by atoms with Gasteiger partial charge in [0, 0.05) is 29.8 Å². The van der Waals surface area contributed by atoms with Crippen molar-refractivity contribution < 1.29 is 18.0 Å². The van der Waals surface area contributed by atoms with Crippen molar-refractivity contribution in [2.75, 3.05) is 21.7 Å². The number of benzene rings is 2. The summed E-state index contributed by atoms with van der Waals surface area (Å²) >= 11 is 0. The lowest BCUT2D eigenvalue weighted by molar-refractivity contribution is -0.137. The normalized spacial score (nSPS) is 13.0. The molecule has 7 nitrogen and oxygen atoms in total. The van der Waals surface area contributed by atoms with Gasteiger partial charge in [-0.3, -0.25) is 4.79 Å². The first kappa shape index (κ1) is 20.5. The Balaban J connectivity index is 1.59. The van der Waals surface area contributed by atoms with Crippen molar-refractivity contribution in [3.8, 4) is 0 Å². The van der Waals surface area contributed by atoms with Crippen molar-refractivity contribution in [1.29, 1.82) is 0 Å². The van der Waals surface area contributed by atoms with Gasteiger partial charge in [-0.2, -0.15) is 18.2 Å². The predicted molar refractivity (Wildman–Crippen MR) is 112 cm³/mol. The van der Waals surface area contributed by atoms with Gasteiger partial charge in [0.2, 0.25) is 11.9 Å². The van der Waals surface area contributed by atoms with Crippen molar-refractivity contribution in [3.63, 3.8) is 0 Å². The van der Waals surface area contributed by atoms with Crippen LogP contribution in [0.15, 0.2) is 42.6 Å². The van der Waals surface area contributed by atoms with E-state index in [9.17, 15) is 18.0 Å². The van der Waals surface area contributed by atoms with Crippen LogP contribution in [0.1, 0.15) is 22.3 Å². The zero-order valence-electron chi connectivity index (χ0n) is 16.5. The molecule has 31 heavy (non-hydrogen) atoms. The molecule has 0 saturated carbocycles. The molecule has 0 radical (unpaired) electrons. The minimum atomic E-state index is -4.63. The van der Waals surface area contributed by atoms with Crippen LogP contribution in [0, 0.1) is 6.92 Å². The summed E-state index contributed by atoms with van der Waals surface area (Å²) in [5, 5.41) is 8.33. The number of anilines is 5. The fourth-order valence-corrected chi connectivity index (χ4v) is 3.27. The smallest absolute Gasteiger partial charge is 0.398 e. The van der Waals surface area contributed by atoms with Gasteiger partial charge < -0.3 is 21.7 Å². The van der Waals surface area contributed by atoms with Crippen LogP contribution in [0.2, 0.25) is 0 Å². The monoisotopic (exact) mass is 428 g/mol. The highest BCUT2D eigenvalue weighted by molar-refractivity contribution is 5.99. The Labute approximate surface area is 175 Å². The quantitative estimate of drug-likeness (QED) is 0.453. The second-order valence-electron chi connectivity index (χ2n) is 7.23. The molecule has 3 aromatic rings. The molecule has 0 bridgehead atoms. The number of nitrogen functional groups attached to an aromatic ring is 1. The number of nitrogens with zero attached hydrogens (tertiary/aromatic N) is 2. The second kappa shape index (κ2) is 7.78. The summed E-state index contributed by atoms with van der Waals surface area (Å²) in [6.07, 6.45) is -3.66. The van der Waals surface area contributed by atoms with E-state index in [2.05, 4.69) is 25.9 Å². The first-order valence-electron chi connectivity index (χ1n) is 9.42. The first-order chi connectivity index (χ1) is 14.7. The van der Waals surface area contributed by atoms with Crippen LogP contribution in [-0.4, -0.2) is 15.9 Å². The maximum Gasteiger partial charge on any atom is 0.421 e. The summed E-state index contributed by atoms with van der Waals surface area (Å²) in [6, 6.07) is 10.5. The van der Waals surface area contributed by atoms with Gasteiger partial charge in [-0.1, -0.05) is 12.1 Å². The summed E-state index contributed by atoms with van der Waals surface area (Å²) < 4.78 is 40.3. The molecule has 1 aromatic heterocycles. The Hall–Kier alpha value is -3.82. The Morgan fingerprint density at radius 1 is 1.19 bits per heavy atom. The van der Waals surface area contributed by atoms with E-state index in [1.165, 1.54) is 0 Å². The van der Waals surface area contributed by atoms with Gasteiger partial charge in [0.05, 0.1) is 6.42 Å². The number of amides is 1. The molecular formula is C21H19F3N6O. The highest BCUT2D eigenvalue weighted by Gasteiger charge is 2.35. The van der Waals surface area contributed by atoms with Crippen LogP contribution in [0.25, 0.3) is 0 Å². The Morgan fingerprint density at radius 2 is 2.00 bits per heavy atom. The summed E-state index contributed by atoms with van der Waals surface area (Å²) in [6.45, 7) is 1.95. The molecule has 0 unspecified atom stereocenters. The number of hydrogen-bond donors (Lipinski definition) is 4. The van der Waals surface area contributed by atoms with E-state index in [-0.39, 0.29) is 30.6 Å². The standard InChI is InChI=1S/C21H19F3N6O/c1-11-2-3-12(16(25)6-11)9-26-19-15(21(22,23)24)10-27-20(30-19)28-14-4-5-17-13(7-14)8-18(31)29-17/h2-7,10H,8-9,25H2,1H3,(H,29,31)(H2,26,27,28,30). The summed E-state index contributed by atoms with van der Waals surface area (Å²) in [4.78, 5) is 19.3. The lowest BCUT2D eigenvalue weighted by atomic mass is 10.1. The molecule has 1 aliphatic rings. The molecule has 160 valence electrons. The number of carbonyl (C=O) groups is 1. The van der Waals surface area contributed by atoms with Crippen LogP contribution in [-0.2, 0) is 23.9 Å². The number of rotatable bonds is 5. The zero-order chi connectivity index (χ0) is 22.2. The summed E-state index contributed by atoms with van der Waals surface area (Å²) in [5.41, 5.74) is 9.13. The number of hydrogen-bond acceptors (Lipinski definition) is 6. The van der Waals surface area contributed by atoms with Gasteiger partial charge >= 0.3 is 6.18 Å². The first-order valence-corrected chi connectivity index (χ1v) is 9.42. The van der Waals surface area contributed by atoms with Gasteiger partial charge in [0.25, 0.3) is 0 Å². The molecule has 0 atom stereocenters. The molecule has 0 fully saturated rings. The number of nitrogens with two attached hydrogens (primary N) is 1. The predicted octanol–water partition coefficient (Wildman–Crippen LogP) is 4.24. The van der Waals surface area contributed by atoms with E-state index >= 15 is 0 Å². The number of halogens is 3. The van der Waals surface area contributed by atoms with E-state index < -0.39 is 11.7 Å². The van der Waals surface area contributed by atoms with Crippen LogP contribution >= 0.6 is 0 Å². The van der Waals surface area contributed by atoms with E-state index in [0.29, 0.717) is 22.6 Å². The number of carbonyl (C=O) groups excluding carboxylic acids is 1. The minimum Gasteiger partial charge on any atom is -0.398 e. The molecule has 4 rings (SSSR count). The van der Waals surface area contributed by atoms with Gasteiger partial charge in [-0.05, 0) is 47.9 Å². The molecular weight excluding hydrogens is 409 g/mol. The van der Waals surface area contributed by atoms with E-state index in [4.69, 9.17) is 5.73 Å². The Kier molecular flexibility index (Phi) is 5.14. The van der Waals surface area contributed by atoms with Gasteiger partial charge in [-0.15, -0.1) is 0 Å². The molecule has 1 aliphatic heterocycles. The largest absolute Gasteiger partial charge is 0.421 e. The molecule has 0 spiro atoms. The van der Waals surface area contributed by atoms with Crippen molar-refractivity contribution in [2.45, 2.75) is 26.1 Å². The van der Waals surface area contributed by atoms with Crippen LogP contribution in [0.3, 0.4) is 0 Å². The number of fused-ring (bicyclic) bond motifs is 1. The molecule has 5 N–H and O–H groups in total. The van der Waals surface area contributed by atoms with Crippen LogP contribution in [0.4, 0.5) is 42.0 Å². The van der Waals surface area contributed by atoms with Crippen molar-refractivity contribution in [1.82, 2.24) is 9.97 Å². The topological polar surface area (TPSA) is 105 Å². The van der Waals surface area contributed by atoms with Crippen molar-refractivity contribution >= 4 is 34.7 Å². The average molecular weight is 428 g/mol. The van der Waals surface area contributed by atoms with E-state index in [1.54, 1.807) is 30.3 Å². The molecule has 1 amide bonds. The molecule has 10 heteroatoms. The van der Waals surface area contributed by atoms with Crippen LogP contribution < -0.4 is 21.7 Å². The number of aromatic nitrogens is 2. The van der Waals surface area contributed by atoms with Gasteiger partial charge in [-0.25, -0.2) is 4.98 Å². The van der Waals surface area contributed by atoms with E-state index in [1.807, 2.05) is 13.0 Å². The average Bonchev–Trinajstić information content (AvgIpc) is 3.06. The van der Waals surface area contributed by atoms with Crippen LogP contribution in [0.5, 0.6) is 0 Å². The third-order valence-electron chi connectivity index (χ3n) is 4.83. The second-order valence-corrected chi connectivity index (χ2v) is 7.23. The lowest BCUT2D eigenvalue weighted by Crippen LogP contribution is -2.15. The van der Waals surface area contributed by atoms with Crippen molar-refractivity contribution in [3.05, 3.63) is 64.8 Å². The van der Waals surface area contributed by atoms with Crippen molar-refractivity contribution in [2.24, 2.45) is 0 Å². The summed E-state index contributed by atoms with van der Waals surface area (Å²) in [7, 11) is 0. The van der Waals surface area contributed by atoms with E-state index in [0.717, 1.165) is 17.3 Å². The fraction of sp³-hybridized carbons (Fsp3) is 0.190. The lowest BCUT2D eigenvalue weighted by Gasteiger charge is -2.16. The Bertz CT molecular complexity index is 1160. The van der Waals surface area contributed by atoms with Gasteiger partial charge in [0.1, 0.15) is 11.4 Å².